The highest BCUT2D eigenvalue weighted by atomic mass is 79.9. The standard InChI is InChI=1S/C17H16BrNO2S/c18-17-11-13(12-22-17)1-6-16(20)14-2-4-15(5-3-14)19-7-9-21-10-8-19/h1-6,11-12H,7-10H2/b6-1+. The van der Waals surface area contributed by atoms with Crippen LogP contribution in [0.3, 0.4) is 0 Å². The number of hydrogen-bond acceptors (Lipinski definition) is 4. The van der Waals surface area contributed by atoms with Gasteiger partial charge in [0.15, 0.2) is 5.78 Å². The average molecular weight is 378 g/mol. The molecular formula is C17H16BrNO2S. The Morgan fingerprint density at radius 3 is 2.59 bits per heavy atom. The van der Waals surface area contributed by atoms with E-state index in [2.05, 4.69) is 20.8 Å². The topological polar surface area (TPSA) is 29.5 Å². The number of allylic oxidation sites excluding steroid dienone is 1. The zero-order valence-electron chi connectivity index (χ0n) is 12.0. The molecule has 0 unspecified atom stereocenters. The average Bonchev–Trinajstić information content (AvgIpc) is 2.99. The van der Waals surface area contributed by atoms with Crippen molar-refractivity contribution < 1.29 is 9.53 Å². The summed E-state index contributed by atoms with van der Waals surface area (Å²) in [5.41, 5.74) is 2.89. The molecule has 3 rings (SSSR count). The van der Waals surface area contributed by atoms with Crippen molar-refractivity contribution in [2.75, 3.05) is 31.2 Å². The minimum absolute atomic E-state index is 0.0239. The van der Waals surface area contributed by atoms with Gasteiger partial charge >= 0.3 is 0 Å². The van der Waals surface area contributed by atoms with Crippen molar-refractivity contribution in [3.63, 3.8) is 0 Å². The van der Waals surface area contributed by atoms with Gasteiger partial charge in [0, 0.05) is 24.3 Å². The molecule has 0 aliphatic carbocycles. The van der Waals surface area contributed by atoms with E-state index in [4.69, 9.17) is 4.74 Å². The van der Waals surface area contributed by atoms with Gasteiger partial charge in [0.25, 0.3) is 0 Å². The third kappa shape index (κ3) is 3.85. The molecule has 0 radical (unpaired) electrons. The molecule has 2 aromatic rings. The first-order valence-corrected chi connectivity index (χ1v) is 8.79. The summed E-state index contributed by atoms with van der Waals surface area (Å²) < 4.78 is 6.42. The second-order valence-corrected chi connectivity index (χ2v) is 7.32. The van der Waals surface area contributed by atoms with E-state index in [1.165, 1.54) is 0 Å². The van der Waals surface area contributed by atoms with Crippen molar-refractivity contribution in [3.05, 3.63) is 56.7 Å². The highest BCUT2D eigenvalue weighted by Crippen LogP contribution is 2.22. The molecule has 0 N–H and O–H groups in total. The predicted octanol–water partition coefficient (Wildman–Crippen LogP) is 4.24. The van der Waals surface area contributed by atoms with Gasteiger partial charge in [-0.25, -0.2) is 0 Å². The van der Waals surface area contributed by atoms with Crippen LogP contribution >= 0.6 is 27.3 Å². The molecule has 0 bridgehead atoms. The summed E-state index contributed by atoms with van der Waals surface area (Å²) in [6.45, 7) is 3.33. The minimum Gasteiger partial charge on any atom is -0.378 e. The molecule has 1 saturated heterocycles. The summed E-state index contributed by atoms with van der Waals surface area (Å²) in [7, 11) is 0. The quantitative estimate of drug-likeness (QED) is 0.589. The van der Waals surface area contributed by atoms with E-state index in [0.29, 0.717) is 5.56 Å². The van der Waals surface area contributed by atoms with Crippen LogP contribution in [0.25, 0.3) is 6.08 Å². The second kappa shape index (κ2) is 7.22. The van der Waals surface area contributed by atoms with E-state index in [9.17, 15) is 4.79 Å². The van der Waals surface area contributed by atoms with Gasteiger partial charge in [-0.3, -0.25) is 4.79 Å². The molecule has 1 aliphatic heterocycles. The van der Waals surface area contributed by atoms with Gasteiger partial charge in [0.1, 0.15) is 0 Å². The Labute approximate surface area is 142 Å². The molecule has 22 heavy (non-hydrogen) atoms. The molecule has 2 heterocycles. The molecule has 1 aromatic carbocycles. The van der Waals surface area contributed by atoms with Gasteiger partial charge in [-0.2, -0.15) is 0 Å². The third-order valence-electron chi connectivity index (χ3n) is 3.54. The molecule has 1 aromatic heterocycles. The van der Waals surface area contributed by atoms with Crippen LogP contribution in [0.5, 0.6) is 0 Å². The van der Waals surface area contributed by atoms with Crippen LogP contribution in [0, 0.1) is 0 Å². The number of thiophene rings is 1. The van der Waals surface area contributed by atoms with Gasteiger partial charge in [-0.15, -0.1) is 11.3 Å². The van der Waals surface area contributed by atoms with E-state index >= 15 is 0 Å². The maximum atomic E-state index is 12.2. The van der Waals surface area contributed by atoms with Crippen LogP contribution in [0.15, 0.2) is 45.6 Å². The number of halogens is 1. The number of hydrogen-bond donors (Lipinski definition) is 0. The molecule has 5 heteroatoms. The van der Waals surface area contributed by atoms with Gasteiger partial charge in [0.05, 0.1) is 17.0 Å². The number of ether oxygens (including phenoxy) is 1. The van der Waals surface area contributed by atoms with E-state index in [0.717, 1.165) is 41.3 Å². The van der Waals surface area contributed by atoms with Crippen molar-refractivity contribution in [2.24, 2.45) is 0 Å². The van der Waals surface area contributed by atoms with E-state index in [-0.39, 0.29) is 5.78 Å². The molecule has 0 spiro atoms. The Morgan fingerprint density at radius 1 is 1.23 bits per heavy atom. The lowest BCUT2D eigenvalue weighted by Gasteiger charge is -2.28. The molecule has 0 amide bonds. The van der Waals surface area contributed by atoms with Crippen LogP contribution in [-0.2, 0) is 4.74 Å². The van der Waals surface area contributed by atoms with Gasteiger partial charge in [0.2, 0.25) is 0 Å². The van der Waals surface area contributed by atoms with Crippen molar-refractivity contribution in [3.8, 4) is 0 Å². The normalized spacial score (nSPS) is 15.4. The third-order valence-corrected chi connectivity index (χ3v) is 5.07. The summed E-state index contributed by atoms with van der Waals surface area (Å²) in [5.74, 6) is 0.0239. The molecular weight excluding hydrogens is 362 g/mol. The summed E-state index contributed by atoms with van der Waals surface area (Å²) in [5, 5.41) is 2.01. The molecule has 0 atom stereocenters. The molecule has 0 saturated carbocycles. The first kappa shape index (κ1) is 15.5. The fourth-order valence-electron chi connectivity index (χ4n) is 2.34. The Balaban J connectivity index is 1.66. The van der Waals surface area contributed by atoms with Crippen LogP contribution in [0.1, 0.15) is 15.9 Å². The van der Waals surface area contributed by atoms with Crippen molar-refractivity contribution in [1.82, 2.24) is 0 Å². The monoisotopic (exact) mass is 377 g/mol. The first-order chi connectivity index (χ1) is 10.7. The number of rotatable bonds is 4. The number of carbonyl (C=O) groups excluding carboxylic acids is 1. The van der Waals surface area contributed by atoms with E-state index in [1.807, 2.05) is 41.8 Å². The number of nitrogens with zero attached hydrogens (tertiary/aromatic N) is 1. The lowest BCUT2D eigenvalue weighted by molar-refractivity contribution is 0.104. The zero-order chi connectivity index (χ0) is 15.4. The van der Waals surface area contributed by atoms with Crippen LogP contribution in [0.2, 0.25) is 0 Å². The maximum Gasteiger partial charge on any atom is 0.185 e. The Morgan fingerprint density at radius 2 is 1.95 bits per heavy atom. The fraction of sp³-hybridized carbons (Fsp3) is 0.235. The highest BCUT2D eigenvalue weighted by molar-refractivity contribution is 9.11. The fourth-order valence-corrected chi connectivity index (χ4v) is 3.48. The van der Waals surface area contributed by atoms with E-state index in [1.54, 1.807) is 17.4 Å². The van der Waals surface area contributed by atoms with Gasteiger partial charge in [-0.1, -0.05) is 6.08 Å². The van der Waals surface area contributed by atoms with Crippen LogP contribution < -0.4 is 4.90 Å². The summed E-state index contributed by atoms with van der Waals surface area (Å²) in [6, 6.07) is 9.79. The van der Waals surface area contributed by atoms with Gasteiger partial charge in [-0.05, 0) is 63.3 Å². The Hall–Kier alpha value is -1.43. The Kier molecular flexibility index (Phi) is 5.08. The number of ketones is 1. The first-order valence-electron chi connectivity index (χ1n) is 7.11. The number of benzene rings is 1. The zero-order valence-corrected chi connectivity index (χ0v) is 14.4. The SMILES string of the molecule is O=C(/C=C/c1csc(Br)c1)c1ccc(N2CCOCC2)cc1. The maximum absolute atomic E-state index is 12.2. The lowest BCUT2D eigenvalue weighted by Crippen LogP contribution is -2.36. The summed E-state index contributed by atoms with van der Waals surface area (Å²) >= 11 is 5.02. The van der Waals surface area contributed by atoms with Crippen LogP contribution in [-0.4, -0.2) is 32.1 Å². The number of anilines is 1. The predicted molar refractivity (Wildman–Crippen MR) is 94.9 cm³/mol. The smallest absolute Gasteiger partial charge is 0.185 e. The number of morpholine rings is 1. The lowest BCUT2D eigenvalue weighted by atomic mass is 10.1. The highest BCUT2D eigenvalue weighted by Gasteiger charge is 2.11. The van der Waals surface area contributed by atoms with Crippen molar-refractivity contribution in [1.29, 1.82) is 0 Å². The van der Waals surface area contributed by atoms with Crippen LogP contribution in [0.4, 0.5) is 5.69 Å². The summed E-state index contributed by atoms with van der Waals surface area (Å²) in [4.78, 5) is 14.5. The Bertz CT molecular complexity index is 672. The second-order valence-electron chi connectivity index (χ2n) is 5.03. The molecule has 3 nitrogen and oxygen atoms in total. The minimum atomic E-state index is 0.0239. The largest absolute Gasteiger partial charge is 0.378 e. The van der Waals surface area contributed by atoms with Crippen molar-refractivity contribution in [2.45, 2.75) is 0 Å². The molecule has 1 fully saturated rings. The van der Waals surface area contributed by atoms with Crippen molar-refractivity contribution >= 4 is 44.8 Å². The van der Waals surface area contributed by atoms with E-state index < -0.39 is 0 Å². The molecule has 1 aliphatic rings. The number of carbonyl (C=O) groups is 1. The molecule has 114 valence electrons. The summed E-state index contributed by atoms with van der Waals surface area (Å²) in [6.07, 6.45) is 3.47. The van der Waals surface area contributed by atoms with Gasteiger partial charge < -0.3 is 9.64 Å².